The third kappa shape index (κ3) is 4.33. The van der Waals surface area contributed by atoms with Crippen molar-refractivity contribution >= 4 is 11.6 Å². The number of halogens is 2. The highest BCUT2D eigenvalue weighted by Crippen LogP contribution is 2.17. The molecule has 0 bridgehead atoms. The van der Waals surface area contributed by atoms with Gasteiger partial charge >= 0.3 is 0 Å². The van der Waals surface area contributed by atoms with Crippen LogP contribution in [0.15, 0.2) is 42.5 Å². The van der Waals surface area contributed by atoms with E-state index in [2.05, 4.69) is 10.2 Å². The summed E-state index contributed by atoms with van der Waals surface area (Å²) in [6.45, 7) is 2.14. The lowest BCUT2D eigenvalue weighted by atomic mass is 10.0. The van der Waals surface area contributed by atoms with Gasteiger partial charge in [-0.2, -0.15) is 0 Å². The summed E-state index contributed by atoms with van der Waals surface area (Å²) >= 11 is 0. The van der Waals surface area contributed by atoms with Crippen molar-refractivity contribution in [2.45, 2.75) is 25.4 Å². The number of para-hydroxylation sites is 1. The fourth-order valence-electron chi connectivity index (χ4n) is 3.10. The zero-order chi connectivity index (χ0) is 17.8. The number of carbonyl (C=O) groups is 1. The summed E-state index contributed by atoms with van der Waals surface area (Å²) in [5.74, 6) is -1.80. The van der Waals surface area contributed by atoms with Gasteiger partial charge in [0.1, 0.15) is 0 Å². The van der Waals surface area contributed by atoms with Gasteiger partial charge < -0.3 is 11.1 Å². The van der Waals surface area contributed by atoms with Crippen molar-refractivity contribution in [1.82, 2.24) is 10.2 Å². The van der Waals surface area contributed by atoms with Crippen molar-refractivity contribution in [3.63, 3.8) is 0 Å². The van der Waals surface area contributed by atoms with Crippen LogP contribution in [0.5, 0.6) is 0 Å². The van der Waals surface area contributed by atoms with Gasteiger partial charge in [-0.1, -0.05) is 18.2 Å². The molecule has 0 spiro atoms. The molecule has 0 radical (unpaired) electrons. The second-order valence-electron chi connectivity index (χ2n) is 6.36. The Hall–Kier alpha value is -2.47. The number of rotatable bonds is 4. The number of benzene rings is 2. The second-order valence-corrected chi connectivity index (χ2v) is 6.36. The maximum absolute atomic E-state index is 13.3. The van der Waals surface area contributed by atoms with E-state index in [1.165, 1.54) is 6.07 Å². The monoisotopic (exact) mass is 345 g/mol. The number of nitrogens with two attached hydrogens (primary N) is 1. The van der Waals surface area contributed by atoms with E-state index in [-0.39, 0.29) is 11.9 Å². The SMILES string of the molecule is Nc1ccccc1C(=O)NC1CCN(Cc2ccc(F)c(F)c2)CC1. The smallest absolute Gasteiger partial charge is 0.253 e. The molecule has 25 heavy (non-hydrogen) atoms. The van der Waals surface area contributed by atoms with E-state index in [9.17, 15) is 13.6 Å². The van der Waals surface area contributed by atoms with Gasteiger partial charge in [-0.3, -0.25) is 9.69 Å². The Morgan fingerprint density at radius 3 is 2.52 bits per heavy atom. The van der Waals surface area contributed by atoms with Crippen LogP contribution in [0.3, 0.4) is 0 Å². The zero-order valence-electron chi connectivity index (χ0n) is 13.8. The van der Waals surface area contributed by atoms with Gasteiger partial charge in [-0.25, -0.2) is 8.78 Å². The number of likely N-dealkylation sites (tertiary alicyclic amines) is 1. The molecule has 0 unspecified atom stereocenters. The van der Waals surface area contributed by atoms with E-state index >= 15 is 0 Å². The summed E-state index contributed by atoms with van der Waals surface area (Å²) in [5.41, 5.74) is 7.54. The molecule has 3 N–H and O–H groups in total. The van der Waals surface area contributed by atoms with E-state index in [4.69, 9.17) is 5.73 Å². The van der Waals surface area contributed by atoms with Gasteiger partial charge in [-0.15, -0.1) is 0 Å². The van der Waals surface area contributed by atoms with Crippen molar-refractivity contribution in [1.29, 1.82) is 0 Å². The van der Waals surface area contributed by atoms with Gasteiger partial charge in [0.15, 0.2) is 11.6 Å². The maximum Gasteiger partial charge on any atom is 0.253 e. The van der Waals surface area contributed by atoms with Crippen molar-refractivity contribution in [2.75, 3.05) is 18.8 Å². The Bertz CT molecular complexity index is 758. The minimum atomic E-state index is -0.828. The van der Waals surface area contributed by atoms with E-state index < -0.39 is 11.6 Å². The number of piperidine rings is 1. The summed E-state index contributed by atoms with van der Waals surface area (Å²) < 4.78 is 26.3. The third-order valence-corrected chi connectivity index (χ3v) is 4.52. The lowest BCUT2D eigenvalue weighted by Crippen LogP contribution is -2.44. The molecule has 1 aliphatic rings. The predicted molar refractivity (Wildman–Crippen MR) is 93.0 cm³/mol. The number of nitrogens with one attached hydrogen (secondary N) is 1. The molecule has 3 rings (SSSR count). The van der Waals surface area contributed by atoms with Gasteiger partial charge in [0.25, 0.3) is 5.91 Å². The standard InChI is InChI=1S/C19H21F2N3O/c20-16-6-5-13(11-17(16)21)12-24-9-7-14(8-10-24)23-19(25)15-3-1-2-4-18(15)22/h1-6,11,14H,7-10,12,22H2,(H,23,25). The molecule has 6 heteroatoms. The zero-order valence-corrected chi connectivity index (χ0v) is 13.8. The Kier molecular flexibility index (Phi) is 5.28. The predicted octanol–water partition coefficient (Wildman–Crippen LogP) is 2.94. The molecule has 4 nitrogen and oxygen atoms in total. The van der Waals surface area contributed by atoms with Crippen LogP contribution in [-0.4, -0.2) is 29.9 Å². The van der Waals surface area contributed by atoms with Crippen LogP contribution in [0.2, 0.25) is 0 Å². The number of nitrogens with zero attached hydrogens (tertiary/aromatic N) is 1. The lowest BCUT2D eigenvalue weighted by molar-refractivity contribution is 0.0910. The highest BCUT2D eigenvalue weighted by atomic mass is 19.2. The van der Waals surface area contributed by atoms with Crippen LogP contribution in [-0.2, 0) is 6.54 Å². The number of hydrogen-bond acceptors (Lipinski definition) is 3. The molecule has 1 fully saturated rings. The molecule has 0 atom stereocenters. The largest absolute Gasteiger partial charge is 0.398 e. The fraction of sp³-hybridized carbons (Fsp3) is 0.316. The average molecular weight is 345 g/mol. The van der Waals surface area contributed by atoms with E-state index in [1.54, 1.807) is 30.3 Å². The van der Waals surface area contributed by atoms with Crippen LogP contribution in [0.25, 0.3) is 0 Å². The number of amides is 1. The Morgan fingerprint density at radius 1 is 1.12 bits per heavy atom. The quantitative estimate of drug-likeness (QED) is 0.838. The molecular formula is C19H21F2N3O. The summed E-state index contributed by atoms with van der Waals surface area (Å²) in [4.78, 5) is 14.5. The summed E-state index contributed by atoms with van der Waals surface area (Å²) in [6.07, 6.45) is 1.62. The van der Waals surface area contributed by atoms with Gasteiger partial charge in [0.2, 0.25) is 0 Å². The number of nitrogen functional groups attached to an aromatic ring is 1. The number of hydrogen-bond donors (Lipinski definition) is 2. The van der Waals surface area contributed by atoms with Crippen LogP contribution >= 0.6 is 0 Å². The van der Waals surface area contributed by atoms with Crippen molar-refractivity contribution < 1.29 is 13.6 Å². The Morgan fingerprint density at radius 2 is 1.84 bits per heavy atom. The van der Waals surface area contributed by atoms with Gasteiger partial charge in [-0.05, 0) is 42.7 Å². The molecule has 1 saturated heterocycles. The molecule has 0 aromatic heterocycles. The van der Waals surface area contributed by atoms with Crippen LogP contribution in [0, 0.1) is 11.6 Å². The van der Waals surface area contributed by atoms with E-state index in [1.807, 2.05) is 0 Å². The summed E-state index contributed by atoms with van der Waals surface area (Å²) in [7, 11) is 0. The molecule has 0 saturated carbocycles. The first-order valence-corrected chi connectivity index (χ1v) is 8.34. The molecular weight excluding hydrogens is 324 g/mol. The average Bonchev–Trinajstić information content (AvgIpc) is 2.60. The highest BCUT2D eigenvalue weighted by molar-refractivity contribution is 5.99. The summed E-state index contributed by atoms with van der Waals surface area (Å²) in [5, 5.41) is 3.02. The third-order valence-electron chi connectivity index (χ3n) is 4.52. The first-order valence-electron chi connectivity index (χ1n) is 8.34. The molecule has 1 heterocycles. The van der Waals surface area contributed by atoms with Crippen LogP contribution in [0.1, 0.15) is 28.8 Å². The first kappa shape index (κ1) is 17.4. The van der Waals surface area contributed by atoms with Crippen LogP contribution in [0.4, 0.5) is 14.5 Å². The van der Waals surface area contributed by atoms with Crippen LogP contribution < -0.4 is 11.1 Å². The van der Waals surface area contributed by atoms with Gasteiger partial charge in [0.05, 0.1) is 5.56 Å². The molecule has 132 valence electrons. The number of carbonyl (C=O) groups excluding carboxylic acids is 1. The topological polar surface area (TPSA) is 58.4 Å². The fourth-order valence-corrected chi connectivity index (χ4v) is 3.10. The van der Waals surface area contributed by atoms with Crippen molar-refractivity contribution in [3.05, 3.63) is 65.2 Å². The second kappa shape index (κ2) is 7.61. The summed E-state index contributed by atoms with van der Waals surface area (Å²) in [6, 6.07) is 11.1. The minimum Gasteiger partial charge on any atom is -0.398 e. The van der Waals surface area contributed by atoms with Gasteiger partial charge in [0, 0.05) is 31.4 Å². The normalized spacial score (nSPS) is 15.9. The Balaban J connectivity index is 1.51. The maximum atomic E-state index is 13.3. The van der Waals surface area contributed by atoms with E-state index in [0.717, 1.165) is 37.6 Å². The molecule has 2 aromatic carbocycles. The lowest BCUT2D eigenvalue weighted by Gasteiger charge is -2.32. The Labute approximate surface area is 145 Å². The number of anilines is 1. The first-order chi connectivity index (χ1) is 12.0. The van der Waals surface area contributed by atoms with E-state index in [0.29, 0.717) is 17.8 Å². The minimum absolute atomic E-state index is 0.0910. The molecule has 2 aromatic rings. The van der Waals surface area contributed by atoms with Crippen molar-refractivity contribution in [2.24, 2.45) is 0 Å². The highest BCUT2D eigenvalue weighted by Gasteiger charge is 2.22. The van der Waals surface area contributed by atoms with Crippen molar-refractivity contribution in [3.8, 4) is 0 Å². The molecule has 0 aliphatic carbocycles. The molecule has 1 aliphatic heterocycles. The molecule has 1 amide bonds.